The lowest BCUT2D eigenvalue weighted by atomic mass is 10.1. The summed E-state index contributed by atoms with van der Waals surface area (Å²) in [6.45, 7) is 2.67. The van der Waals surface area contributed by atoms with E-state index in [2.05, 4.69) is 24.0 Å². The molecule has 1 aliphatic rings. The molecular weight excluding hydrogens is 251 g/mol. The van der Waals surface area contributed by atoms with Gasteiger partial charge < -0.3 is 10.6 Å². The number of benzene rings is 2. The number of para-hydroxylation sites is 2. The molecule has 3 heteroatoms. The quantitative estimate of drug-likeness (QED) is 0.926. The second-order valence-electron chi connectivity index (χ2n) is 5.34. The van der Waals surface area contributed by atoms with Crippen LogP contribution in [-0.2, 0) is 12.8 Å². The fourth-order valence-electron chi connectivity index (χ4n) is 3.09. The Balaban J connectivity index is 2.14. The molecule has 3 rings (SSSR count). The predicted octanol–water partition coefficient (Wildman–Crippen LogP) is 3.41. The number of hydrogen-bond acceptors (Lipinski definition) is 2. The van der Waals surface area contributed by atoms with Crippen molar-refractivity contribution in [1.82, 2.24) is 0 Å². The van der Waals surface area contributed by atoms with Crippen molar-refractivity contribution in [1.29, 1.82) is 0 Å². The number of hydrogen-bond donors (Lipinski definition) is 1. The minimum atomic E-state index is -0.167. The van der Waals surface area contributed by atoms with Crippen LogP contribution < -0.4 is 10.6 Å². The van der Waals surface area contributed by atoms with E-state index in [1.165, 1.54) is 11.6 Å². The van der Waals surface area contributed by atoms with E-state index in [0.717, 1.165) is 17.7 Å². The van der Waals surface area contributed by atoms with Gasteiger partial charge >= 0.3 is 0 Å². The highest BCUT2D eigenvalue weighted by molar-refractivity contribution is 5.73. The lowest BCUT2D eigenvalue weighted by Crippen LogP contribution is -2.26. The van der Waals surface area contributed by atoms with Crippen molar-refractivity contribution in [2.75, 3.05) is 11.4 Å². The van der Waals surface area contributed by atoms with Crippen LogP contribution >= 0.6 is 0 Å². The number of fused-ring (bicyclic) bond motifs is 1. The molecule has 104 valence electrons. The van der Waals surface area contributed by atoms with Crippen molar-refractivity contribution in [2.45, 2.75) is 25.8 Å². The van der Waals surface area contributed by atoms with Gasteiger partial charge in [0.1, 0.15) is 5.82 Å². The molecule has 0 fully saturated rings. The van der Waals surface area contributed by atoms with E-state index in [1.807, 2.05) is 18.2 Å². The van der Waals surface area contributed by atoms with E-state index in [4.69, 9.17) is 5.73 Å². The summed E-state index contributed by atoms with van der Waals surface area (Å²) in [6, 6.07) is 13.8. The van der Waals surface area contributed by atoms with E-state index in [-0.39, 0.29) is 11.9 Å². The SMILES string of the molecule is CC1Cc2ccccc2N1c1c(F)cccc1CCN. The topological polar surface area (TPSA) is 29.3 Å². The van der Waals surface area contributed by atoms with Gasteiger partial charge in [0, 0.05) is 11.7 Å². The van der Waals surface area contributed by atoms with Gasteiger partial charge in [0.05, 0.1) is 5.69 Å². The normalized spacial score (nSPS) is 17.4. The smallest absolute Gasteiger partial charge is 0.147 e. The molecule has 1 atom stereocenters. The molecule has 2 nitrogen and oxygen atoms in total. The zero-order valence-electron chi connectivity index (χ0n) is 11.6. The van der Waals surface area contributed by atoms with Gasteiger partial charge in [-0.15, -0.1) is 0 Å². The highest BCUT2D eigenvalue weighted by atomic mass is 19.1. The van der Waals surface area contributed by atoms with Crippen LogP contribution in [0.4, 0.5) is 15.8 Å². The van der Waals surface area contributed by atoms with Gasteiger partial charge in [-0.2, -0.15) is 0 Å². The third-order valence-corrected chi connectivity index (χ3v) is 3.93. The lowest BCUT2D eigenvalue weighted by molar-refractivity contribution is 0.615. The molecule has 0 radical (unpaired) electrons. The van der Waals surface area contributed by atoms with Crippen LogP contribution in [0.5, 0.6) is 0 Å². The molecule has 0 aromatic heterocycles. The van der Waals surface area contributed by atoms with Crippen LogP contribution in [0.15, 0.2) is 42.5 Å². The first kappa shape index (κ1) is 13.1. The number of rotatable bonds is 3. The fraction of sp³-hybridized carbons (Fsp3) is 0.294. The number of nitrogens with two attached hydrogens (primary N) is 1. The molecule has 0 aliphatic carbocycles. The Morgan fingerprint density at radius 2 is 2.00 bits per heavy atom. The molecule has 0 saturated carbocycles. The van der Waals surface area contributed by atoms with E-state index in [9.17, 15) is 4.39 Å². The molecule has 2 N–H and O–H groups in total. The summed E-state index contributed by atoms with van der Waals surface area (Å²) in [5.74, 6) is -0.167. The molecule has 20 heavy (non-hydrogen) atoms. The first-order valence-electron chi connectivity index (χ1n) is 7.07. The molecule has 0 saturated heterocycles. The maximum Gasteiger partial charge on any atom is 0.147 e. The molecule has 0 spiro atoms. The Kier molecular flexibility index (Phi) is 3.45. The summed E-state index contributed by atoms with van der Waals surface area (Å²) >= 11 is 0. The summed E-state index contributed by atoms with van der Waals surface area (Å²) in [7, 11) is 0. The fourth-order valence-corrected chi connectivity index (χ4v) is 3.09. The van der Waals surface area contributed by atoms with Gasteiger partial charge in [-0.25, -0.2) is 4.39 Å². The summed E-state index contributed by atoms with van der Waals surface area (Å²) < 4.78 is 14.4. The minimum absolute atomic E-state index is 0.167. The maximum atomic E-state index is 14.4. The molecule has 2 aromatic carbocycles. The van der Waals surface area contributed by atoms with Gasteiger partial charge in [-0.3, -0.25) is 0 Å². The highest BCUT2D eigenvalue weighted by Gasteiger charge is 2.29. The van der Waals surface area contributed by atoms with Gasteiger partial charge in [-0.05, 0) is 49.6 Å². The number of halogens is 1. The van der Waals surface area contributed by atoms with Crippen LogP contribution in [0, 0.1) is 5.82 Å². The van der Waals surface area contributed by atoms with Crippen molar-refractivity contribution in [3.63, 3.8) is 0 Å². The van der Waals surface area contributed by atoms with Crippen molar-refractivity contribution in [3.8, 4) is 0 Å². The van der Waals surface area contributed by atoms with Gasteiger partial charge in [0.25, 0.3) is 0 Å². The molecule has 0 bridgehead atoms. The summed E-state index contributed by atoms with van der Waals surface area (Å²) in [5, 5.41) is 0. The average Bonchev–Trinajstić information content (AvgIpc) is 2.76. The summed E-state index contributed by atoms with van der Waals surface area (Å²) in [4.78, 5) is 2.12. The van der Waals surface area contributed by atoms with E-state index >= 15 is 0 Å². The van der Waals surface area contributed by atoms with E-state index in [0.29, 0.717) is 18.7 Å². The van der Waals surface area contributed by atoms with Crippen molar-refractivity contribution in [2.24, 2.45) is 5.73 Å². The Morgan fingerprint density at radius 3 is 2.80 bits per heavy atom. The zero-order chi connectivity index (χ0) is 14.1. The highest BCUT2D eigenvalue weighted by Crippen LogP contribution is 2.40. The Morgan fingerprint density at radius 1 is 1.20 bits per heavy atom. The van der Waals surface area contributed by atoms with Crippen LogP contribution in [0.25, 0.3) is 0 Å². The van der Waals surface area contributed by atoms with Crippen LogP contribution in [-0.4, -0.2) is 12.6 Å². The Labute approximate surface area is 119 Å². The minimum Gasteiger partial charge on any atom is -0.335 e. The maximum absolute atomic E-state index is 14.4. The van der Waals surface area contributed by atoms with Crippen LogP contribution in [0.1, 0.15) is 18.1 Å². The van der Waals surface area contributed by atoms with E-state index in [1.54, 1.807) is 6.07 Å². The molecular formula is C17H19FN2. The van der Waals surface area contributed by atoms with E-state index < -0.39 is 0 Å². The Bertz CT molecular complexity index is 624. The number of nitrogens with zero attached hydrogens (tertiary/aromatic N) is 1. The van der Waals surface area contributed by atoms with Crippen molar-refractivity contribution < 1.29 is 4.39 Å². The van der Waals surface area contributed by atoms with Gasteiger partial charge in [0.2, 0.25) is 0 Å². The van der Waals surface area contributed by atoms with Gasteiger partial charge in [0.15, 0.2) is 0 Å². The molecule has 0 amide bonds. The number of anilines is 2. The predicted molar refractivity (Wildman–Crippen MR) is 80.9 cm³/mol. The van der Waals surface area contributed by atoms with Crippen molar-refractivity contribution >= 4 is 11.4 Å². The molecule has 1 aliphatic heterocycles. The third-order valence-electron chi connectivity index (χ3n) is 3.93. The first-order valence-corrected chi connectivity index (χ1v) is 7.07. The Hall–Kier alpha value is -1.87. The summed E-state index contributed by atoms with van der Waals surface area (Å²) in [6.07, 6.45) is 1.64. The second-order valence-corrected chi connectivity index (χ2v) is 5.34. The standard InChI is InChI=1S/C17H19FN2/c1-12-11-14-5-2-3-8-16(14)20(12)17-13(9-10-19)6-4-7-15(17)18/h2-8,12H,9-11,19H2,1H3. The largest absolute Gasteiger partial charge is 0.335 e. The average molecular weight is 270 g/mol. The van der Waals surface area contributed by atoms with Gasteiger partial charge in [-0.1, -0.05) is 30.3 Å². The monoisotopic (exact) mass is 270 g/mol. The second kappa shape index (κ2) is 5.25. The van der Waals surface area contributed by atoms with Crippen LogP contribution in [0.3, 0.4) is 0 Å². The first-order chi connectivity index (χ1) is 9.72. The lowest BCUT2D eigenvalue weighted by Gasteiger charge is -2.28. The van der Waals surface area contributed by atoms with Crippen molar-refractivity contribution in [3.05, 3.63) is 59.4 Å². The molecule has 2 aromatic rings. The third kappa shape index (κ3) is 2.08. The van der Waals surface area contributed by atoms with Crippen LogP contribution in [0.2, 0.25) is 0 Å². The molecule has 1 unspecified atom stereocenters. The molecule has 1 heterocycles. The summed E-state index contributed by atoms with van der Waals surface area (Å²) in [5.41, 5.74) is 9.73. The zero-order valence-corrected chi connectivity index (χ0v) is 11.6.